The van der Waals surface area contributed by atoms with Gasteiger partial charge in [0, 0.05) is 24.6 Å². The van der Waals surface area contributed by atoms with E-state index in [1.165, 1.54) is 17.9 Å². The molecule has 10 nitrogen and oxygen atoms in total. The highest BCUT2D eigenvalue weighted by Crippen LogP contribution is 2.30. The van der Waals surface area contributed by atoms with Gasteiger partial charge in [0.25, 0.3) is 0 Å². The zero-order valence-electron chi connectivity index (χ0n) is 22.9. The first-order valence-electron chi connectivity index (χ1n) is 13.4. The monoisotopic (exact) mass is 594 g/mol. The van der Waals surface area contributed by atoms with Crippen molar-refractivity contribution < 1.29 is 31.6 Å². The summed E-state index contributed by atoms with van der Waals surface area (Å²) in [5.74, 6) is 0.575. The fraction of sp³-hybridized carbons (Fsp3) is 0.267. The van der Waals surface area contributed by atoms with E-state index in [4.69, 9.17) is 14.3 Å². The molecular weight excluding hydrogens is 563 g/mol. The van der Waals surface area contributed by atoms with Crippen LogP contribution < -0.4 is 20.7 Å². The number of carbonyl (C=O) groups is 2. The average molecular weight is 595 g/mol. The minimum Gasteiger partial charge on any atom is -0.460 e. The fourth-order valence-corrected chi connectivity index (χ4v) is 5.52. The number of allylic oxidation sites excluding steroid dienone is 3. The number of carbonyl (C=O) groups excluding carboxylic acids is 2. The van der Waals surface area contributed by atoms with Gasteiger partial charge >= 0.3 is 6.09 Å². The van der Waals surface area contributed by atoms with E-state index in [2.05, 4.69) is 10.6 Å². The standard InChI is InChI=1S/C30H31FN4O6S/c1-19(36)34-17-25-18-35(30(37)41-25)23-9-11-27(28(31)14-23)21-7-5-20(6-8-21)15-33-16-24-10-12-29(40-24)22-3-2-4-26(13-22)42(32,38)39/h2-3,5-14,25-26,33H,4,15-18H2,1H3,(H,34,36)(H2,32,38,39)/t25-,26?/m0/s1. The average Bonchev–Trinajstić information content (AvgIpc) is 3.58. The third-order valence-electron chi connectivity index (χ3n) is 7.01. The number of anilines is 1. The number of rotatable bonds is 10. The van der Waals surface area contributed by atoms with Gasteiger partial charge in [0.05, 0.1) is 30.6 Å². The van der Waals surface area contributed by atoms with Crippen LogP contribution in [-0.4, -0.2) is 44.9 Å². The van der Waals surface area contributed by atoms with Crippen molar-refractivity contribution >= 4 is 33.3 Å². The Bertz CT molecular complexity index is 1650. The van der Waals surface area contributed by atoms with Crippen molar-refractivity contribution in [2.24, 2.45) is 5.14 Å². The normalized spacial score (nSPS) is 18.6. The molecule has 2 aliphatic rings. The van der Waals surface area contributed by atoms with Crippen LogP contribution in [-0.2, 0) is 32.6 Å². The van der Waals surface area contributed by atoms with Crippen molar-refractivity contribution in [3.05, 3.63) is 95.7 Å². The Morgan fingerprint density at radius 1 is 1.12 bits per heavy atom. The second-order valence-electron chi connectivity index (χ2n) is 10.2. The van der Waals surface area contributed by atoms with Gasteiger partial charge in [-0.15, -0.1) is 0 Å². The van der Waals surface area contributed by atoms with E-state index in [0.717, 1.165) is 5.56 Å². The molecule has 5 rings (SSSR count). The van der Waals surface area contributed by atoms with Gasteiger partial charge in [-0.1, -0.05) is 42.5 Å². The van der Waals surface area contributed by atoms with Gasteiger partial charge in [-0.25, -0.2) is 22.7 Å². The maximum Gasteiger partial charge on any atom is 0.414 e. The van der Waals surface area contributed by atoms with E-state index in [1.807, 2.05) is 36.4 Å². The predicted molar refractivity (Wildman–Crippen MR) is 156 cm³/mol. The molecule has 1 saturated heterocycles. The lowest BCUT2D eigenvalue weighted by Gasteiger charge is -2.15. The summed E-state index contributed by atoms with van der Waals surface area (Å²) in [6.45, 7) is 2.80. The molecule has 1 aliphatic carbocycles. The van der Waals surface area contributed by atoms with Gasteiger partial charge in [-0.3, -0.25) is 9.69 Å². The number of ether oxygens (including phenoxy) is 1. The SMILES string of the molecule is CC(=O)NC[C@H]1CN(c2ccc(-c3ccc(CNCc4ccc(C5=CC(S(N)(=O)=O)CC=C5)o4)cc3)c(F)c2)C(=O)O1. The zero-order chi connectivity index (χ0) is 29.9. The smallest absolute Gasteiger partial charge is 0.414 e. The molecule has 1 unspecified atom stereocenters. The van der Waals surface area contributed by atoms with Gasteiger partial charge in [-0.05, 0) is 47.9 Å². The number of cyclic esters (lactones) is 1. The van der Waals surface area contributed by atoms with Gasteiger partial charge in [0.15, 0.2) is 0 Å². The molecular formula is C30H31FN4O6S. The van der Waals surface area contributed by atoms with Crippen molar-refractivity contribution in [1.82, 2.24) is 10.6 Å². The largest absolute Gasteiger partial charge is 0.460 e. The topological polar surface area (TPSA) is 144 Å². The number of nitrogens with two attached hydrogens (primary N) is 1. The van der Waals surface area contributed by atoms with Crippen LogP contribution in [0.15, 0.2) is 77.2 Å². The molecule has 2 atom stereocenters. The Morgan fingerprint density at radius 3 is 2.62 bits per heavy atom. The maximum absolute atomic E-state index is 15.1. The molecule has 2 aromatic carbocycles. The molecule has 220 valence electrons. The van der Waals surface area contributed by atoms with Crippen LogP contribution in [0.5, 0.6) is 0 Å². The van der Waals surface area contributed by atoms with Crippen LogP contribution >= 0.6 is 0 Å². The van der Waals surface area contributed by atoms with E-state index in [1.54, 1.807) is 30.4 Å². The molecule has 2 heterocycles. The molecule has 2 amide bonds. The summed E-state index contributed by atoms with van der Waals surface area (Å²) in [4.78, 5) is 24.7. The third-order valence-corrected chi connectivity index (χ3v) is 8.18. The summed E-state index contributed by atoms with van der Waals surface area (Å²) in [5.41, 5.74) is 3.14. The molecule has 0 radical (unpaired) electrons. The Hall–Kier alpha value is -4.26. The molecule has 12 heteroatoms. The number of benzene rings is 2. The van der Waals surface area contributed by atoms with Gasteiger partial charge < -0.3 is 19.8 Å². The number of sulfonamides is 1. The summed E-state index contributed by atoms with van der Waals surface area (Å²) in [5, 5.41) is 10.4. The van der Waals surface area contributed by atoms with Crippen molar-refractivity contribution in [2.45, 2.75) is 37.8 Å². The summed E-state index contributed by atoms with van der Waals surface area (Å²) in [6.07, 6.45) is 4.45. The molecule has 0 saturated carbocycles. The number of nitrogens with one attached hydrogen (secondary N) is 2. The van der Waals surface area contributed by atoms with E-state index in [-0.39, 0.29) is 19.0 Å². The lowest BCUT2D eigenvalue weighted by molar-refractivity contribution is -0.119. The third kappa shape index (κ3) is 6.96. The number of nitrogens with zero attached hydrogens (tertiary/aromatic N) is 1. The van der Waals surface area contributed by atoms with Crippen molar-refractivity contribution in [3.63, 3.8) is 0 Å². The number of halogens is 1. The molecule has 4 N–H and O–H groups in total. The second kappa shape index (κ2) is 12.3. The summed E-state index contributed by atoms with van der Waals surface area (Å²) >= 11 is 0. The van der Waals surface area contributed by atoms with Gasteiger partial charge in [0.1, 0.15) is 23.4 Å². The van der Waals surface area contributed by atoms with Crippen LogP contribution in [0.25, 0.3) is 16.7 Å². The molecule has 42 heavy (non-hydrogen) atoms. The van der Waals surface area contributed by atoms with Crippen molar-refractivity contribution in [3.8, 4) is 11.1 Å². The Morgan fingerprint density at radius 2 is 1.90 bits per heavy atom. The Labute approximate surface area is 243 Å². The lowest BCUT2D eigenvalue weighted by atomic mass is 10.0. The quantitative estimate of drug-likeness (QED) is 0.324. The highest BCUT2D eigenvalue weighted by atomic mass is 32.2. The lowest BCUT2D eigenvalue weighted by Crippen LogP contribution is -2.33. The molecule has 1 aliphatic heterocycles. The van der Waals surface area contributed by atoms with Gasteiger partial charge in [-0.2, -0.15) is 0 Å². The number of amides is 2. The molecule has 0 bridgehead atoms. The predicted octanol–water partition coefficient (Wildman–Crippen LogP) is 3.84. The van der Waals surface area contributed by atoms with Crippen molar-refractivity contribution in [1.29, 1.82) is 0 Å². The highest BCUT2D eigenvalue weighted by Gasteiger charge is 2.32. The molecule has 1 aromatic heterocycles. The van der Waals surface area contributed by atoms with E-state index >= 15 is 4.39 Å². The number of primary sulfonamides is 1. The summed E-state index contributed by atoms with van der Waals surface area (Å²) in [6, 6.07) is 15.7. The zero-order valence-corrected chi connectivity index (χ0v) is 23.7. The highest BCUT2D eigenvalue weighted by molar-refractivity contribution is 7.89. The second-order valence-corrected chi connectivity index (χ2v) is 12.0. The number of hydrogen-bond acceptors (Lipinski definition) is 7. The number of furan rings is 1. The first-order valence-corrected chi connectivity index (χ1v) is 15.0. The van der Waals surface area contributed by atoms with Crippen molar-refractivity contribution in [2.75, 3.05) is 18.0 Å². The number of hydrogen-bond donors (Lipinski definition) is 3. The Balaban J connectivity index is 1.15. The van der Waals surface area contributed by atoms with E-state index in [0.29, 0.717) is 53.4 Å². The molecule has 3 aromatic rings. The van der Waals surface area contributed by atoms with Crippen LogP contribution in [0.4, 0.5) is 14.9 Å². The maximum atomic E-state index is 15.1. The van der Waals surface area contributed by atoms with Crippen LogP contribution in [0, 0.1) is 5.82 Å². The molecule has 1 fully saturated rings. The van der Waals surface area contributed by atoms with E-state index in [9.17, 15) is 18.0 Å². The Kier molecular flexibility index (Phi) is 8.57. The van der Waals surface area contributed by atoms with Crippen LogP contribution in [0.3, 0.4) is 0 Å². The van der Waals surface area contributed by atoms with Crippen LogP contribution in [0.2, 0.25) is 0 Å². The van der Waals surface area contributed by atoms with Gasteiger partial charge in [0.2, 0.25) is 15.9 Å². The molecule has 0 spiro atoms. The summed E-state index contributed by atoms with van der Waals surface area (Å²) < 4.78 is 49.6. The minimum absolute atomic E-state index is 0.196. The fourth-order valence-electron chi connectivity index (χ4n) is 4.81. The van der Waals surface area contributed by atoms with E-state index < -0.39 is 33.3 Å². The summed E-state index contributed by atoms with van der Waals surface area (Å²) in [7, 11) is -3.67. The minimum atomic E-state index is -3.67. The first kappa shape index (κ1) is 29.2. The first-order chi connectivity index (χ1) is 20.1. The van der Waals surface area contributed by atoms with Crippen LogP contribution in [0.1, 0.15) is 30.4 Å².